The molecule has 0 aromatic rings. The quantitative estimate of drug-likeness (QED) is 0.746. The minimum Gasteiger partial charge on any atom is -0.379 e. The zero-order valence-electron chi connectivity index (χ0n) is 11.4. The van der Waals surface area contributed by atoms with E-state index in [1.807, 2.05) is 11.8 Å². The van der Waals surface area contributed by atoms with Crippen LogP contribution in [0.3, 0.4) is 0 Å². The van der Waals surface area contributed by atoms with Gasteiger partial charge in [-0.15, -0.1) is 12.4 Å². The van der Waals surface area contributed by atoms with E-state index < -0.39 is 0 Å². The lowest BCUT2D eigenvalue weighted by atomic mass is 9.95. The summed E-state index contributed by atoms with van der Waals surface area (Å²) in [6, 6.07) is 0. The molecule has 1 unspecified atom stereocenters. The number of rotatable bonds is 5. The molecule has 0 aromatic heterocycles. The average Bonchev–Trinajstić information content (AvgIpc) is 2.88. The predicted octanol–water partition coefficient (Wildman–Crippen LogP) is -0.0483. The first-order valence-electron chi connectivity index (χ1n) is 6.59. The van der Waals surface area contributed by atoms with Crippen LogP contribution in [-0.2, 0) is 9.53 Å². The van der Waals surface area contributed by atoms with Crippen molar-refractivity contribution in [1.82, 2.24) is 15.5 Å². The highest BCUT2D eigenvalue weighted by molar-refractivity contribution is 7.99. The van der Waals surface area contributed by atoms with Crippen molar-refractivity contribution in [2.45, 2.75) is 12.0 Å². The Kier molecular flexibility index (Phi) is 7.46. The lowest BCUT2D eigenvalue weighted by Gasteiger charge is -2.43. The minimum atomic E-state index is 0. The third-order valence-electron chi connectivity index (χ3n) is 3.72. The van der Waals surface area contributed by atoms with Crippen molar-refractivity contribution >= 4 is 30.1 Å². The van der Waals surface area contributed by atoms with Gasteiger partial charge in [-0.2, -0.15) is 11.8 Å². The molecule has 0 bridgehead atoms. The molecule has 7 heteroatoms. The molecule has 2 heterocycles. The van der Waals surface area contributed by atoms with E-state index in [4.69, 9.17) is 4.74 Å². The van der Waals surface area contributed by atoms with E-state index in [2.05, 4.69) is 15.5 Å². The Morgan fingerprint density at radius 2 is 2.16 bits per heavy atom. The SMILES string of the molecule is CNCC(=O)NCC1(N2CCOCC2)CCSC1.Cl. The number of hydrogen-bond acceptors (Lipinski definition) is 5. The molecular weight excluding hydrogens is 286 g/mol. The Morgan fingerprint density at radius 1 is 1.42 bits per heavy atom. The van der Waals surface area contributed by atoms with Crippen LogP contribution >= 0.6 is 24.2 Å². The third kappa shape index (κ3) is 4.49. The van der Waals surface area contributed by atoms with Gasteiger partial charge in [0, 0.05) is 30.9 Å². The Labute approximate surface area is 125 Å². The van der Waals surface area contributed by atoms with Crippen molar-refractivity contribution in [3.8, 4) is 0 Å². The summed E-state index contributed by atoms with van der Waals surface area (Å²) in [5, 5.41) is 5.95. The van der Waals surface area contributed by atoms with Crippen LogP contribution in [0.1, 0.15) is 6.42 Å². The summed E-state index contributed by atoms with van der Waals surface area (Å²) in [6.45, 7) is 4.77. The fourth-order valence-corrected chi connectivity index (χ4v) is 4.10. The van der Waals surface area contributed by atoms with E-state index in [9.17, 15) is 4.79 Å². The number of ether oxygens (including phenoxy) is 1. The van der Waals surface area contributed by atoms with Gasteiger partial charge < -0.3 is 15.4 Å². The van der Waals surface area contributed by atoms with Crippen LogP contribution in [0.2, 0.25) is 0 Å². The minimum absolute atomic E-state index is 0. The van der Waals surface area contributed by atoms with E-state index in [0.717, 1.165) is 45.0 Å². The van der Waals surface area contributed by atoms with Crippen molar-refractivity contribution in [3.05, 3.63) is 0 Å². The van der Waals surface area contributed by atoms with Gasteiger partial charge in [-0.05, 0) is 19.2 Å². The third-order valence-corrected chi connectivity index (χ3v) is 4.95. The second-order valence-corrected chi connectivity index (χ2v) is 6.04. The highest BCUT2D eigenvalue weighted by Gasteiger charge is 2.40. The number of hydrogen-bond donors (Lipinski definition) is 2. The monoisotopic (exact) mass is 309 g/mol. The molecular formula is C12H24ClN3O2S. The summed E-state index contributed by atoms with van der Waals surface area (Å²) in [5.41, 5.74) is 0.151. The summed E-state index contributed by atoms with van der Waals surface area (Å²) in [4.78, 5) is 14.1. The van der Waals surface area contributed by atoms with E-state index in [1.165, 1.54) is 5.75 Å². The number of amides is 1. The van der Waals surface area contributed by atoms with Crippen molar-refractivity contribution in [3.63, 3.8) is 0 Å². The van der Waals surface area contributed by atoms with Crippen molar-refractivity contribution < 1.29 is 9.53 Å². The standard InChI is InChI=1S/C12H23N3O2S.ClH/c1-13-8-11(16)14-9-12(2-7-18-10-12)15-3-5-17-6-4-15;/h13H,2-10H2,1H3,(H,14,16);1H. The second-order valence-electron chi connectivity index (χ2n) is 4.93. The van der Waals surface area contributed by atoms with Gasteiger partial charge in [0.1, 0.15) is 0 Å². The molecule has 0 aromatic carbocycles. The molecule has 2 rings (SSSR count). The van der Waals surface area contributed by atoms with Crippen LogP contribution in [0.4, 0.5) is 0 Å². The average molecular weight is 310 g/mol. The van der Waals surface area contributed by atoms with E-state index in [-0.39, 0.29) is 23.9 Å². The number of nitrogens with one attached hydrogen (secondary N) is 2. The van der Waals surface area contributed by atoms with Crippen molar-refractivity contribution in [1.29, 1.82) is 0 Å². The van der Waals surface area contributed by atoms with Gasteiger partial charge in [0.2, 0.25) is 5.91 Å². The molecule has 5 nitrogen and oxygen atoms in total. The summed E-state index contributed by atoms with van der Waals surface area (Å²) in [6.07, 6.45) is 1.16. The van der Waals surface area contributed by atoms with E-state index in [1.54, 1.807) is 7.05 Å². The van der Waals surface area contributed by atoms with Crippen LogP contribution in [0.25, 0.3) is 0 Å². The van der Waals surface area contributed by atoms with Gasteiger partial charge >= 0.3 is 0 Å². The molecule has 2 saturated heterocycles. The molecule has 112 valence electrons. The van der Waals surface area contributed by atoms with Crippen LogP contribution in [0, 0.1) is 0 Å². The molecule has 2 N–H and O–H groups in total. The number of nitrogens with zero attached hydrogens (tertiary/aromatic N) is 1. The largest absolute Gasteiger partial charge is 0.379 e. The second kappa shape index (κ2) is 8.32. The summed E-state index contributed by atoms with van der Waals surface area (Å²) in [5.74, 6) is 2.40. The molecule has 2 aliphatic heterocycles. The molecule has 0 spiro atoms. The van der Waals surface area contributed by atoms with Gasteiger partial charge in [0.05, 0.1) is 19.8 Å². The van der Waals surface area contributed by atoms with Gasteiger partial charge in [0.25, 0.3) is 0 Å². The number of carbonyl (C=O) groups excluding carboxylic acids is 1. The van der Waals surface area contributed by atoms with Gasteiger partial charge in [-0.3, -0.25) is 9.69 Å². The molecule has 1 atom stereocenters. The molecule has 1 amide bonds. The van der Waals surface area contributed by atoms with E-state index in [0.29, 0.717) is 6.54 Å². The lowest BCUT2D eigenvalue weighted by Crippen LogP contribution is -2.59. The van der Waals surface area contributed by atoms with Crippen LogP contribution in [0.5, 0.6) is 0 Å². The number of carbonyl (C=O) groups is 1. The maximum atomic E-state index is 11.6. The van der Waals surface area contributed by atoms with Gasteiger partial charge in [0.15, 0.2) is 0 Å². The zero-order chi connectivity index (χ0) is 12.8. The van der Waals surface area contributed by atoms with Gasteiger partial charge in [-0.1, -0.05) is 0 Å². The molecule has 0 radical (unpaired) electrons. The number of halogens is 1. The molecule has 2 fully saturated rings. The number of likely N-dealkylation sites (N-methyl/N-ethyl adjacent to an activating group) is 1. The Bertz CT molecular complexity index is 282. The Balaban J connectivity index is 0.00000180. The first-order chi connectivity index (χ1) is 8.77. The first-order valence-corrected chi connectivity index (χ1v) is 7.74. The predicted molar refractivity (Wildman–Crippen MR) is 81.2 cm³/mol. The maximum absolute atomic E-state index is 11.6. The highest BCUT2D eigenvalue weighted by atomic mass is 35.5. The highest BCUT2D eigenvalue weighted by Crippen LogP contribution is 2.33. The van der Waals surface area contributed by atoms with E-state index >= 15 is 0 Å². The van der Waals surface area contributed by atoms with Crippen LogP contribution in [0.15, 0.2) is 0 Å². The Morgan fingerprint density at radius 3 is 2.74 bits per heavy atom. The first kappa shape index (κ1) is 17.0. The van der Waals surface area contributed by atoms with Crippen molar-refractivity contribution in [2.75, 3.05) is 57.9 Å². The van der Waals surface area contributed by atoms with Crippen LogP contribution in [-0.4, -0.2) is 74.3 Å². The number of morpholine rings is 1. The maximum Gasteiger partial charge on any atom is 0.234 e. The molecule has 0 aliphatic carbocycles. The lowest BCUT2D eigenvalue weighted by molar-refractivity contribution is -0.121. The molecule has 0 saturated carbocycles. The zero-order valence-corrected chi connectivity index (χ0v) is 13.1. The van der Waals surface area contributed by atoms with Gasteiger partial charge in [-0.25, -0.2) is 0 Å². The number of thioether (sulfide) groups is 1. The molecule has 19 heavy (non-hydrogen) atoms. The molecule has 2 aliphatic rings. The van der Waals surface area contributed by atoms with Crippen molar-refractivity contribution in [2.24, 2.45) is 0 Å². The smallest absolute Gasteiger partial charge is 0.234 e. The summed E-state index contributed by atoms with van der Waals surface area (Å²) >= 11 is 1.99. The topological polar surface area (TPSA) is 53.6 Å². The fourth-order valence-electron chi connectivity index (χ4n) is 2.62. The fraction of sp³-hybridized carbons (Fsp3) is 0.917. The Hall–Kier alpha value is -0.0100. The summed E-state index contributed by atoms with van der Waals surface area (Å²) < 4.78 is 5.42. The summed E-state index contributed by atoms with van der Waals surface area (Å²) in [7, 11) is 1.79. The normalized spacial score (nSPS) is 27.8. The van der Waals surface area contributed by atoms with Crippen LogP contribution < -0.4 is 10.6 Å².